The number of primary amides is 1. The molecule has 0 spiro atoms. The zero-order valence-corrected chi connectivity index (χ0v) is 15.9. The van der Waals surface area contributed by atoms with Crippen molar-refractivity contribution in [1.82, 2.24) is 24.4 Å². The summed E-state index contributed by atoms with van der Waals surface area (Å²) in [5.41, 5.74) is 8.21. The molecule has 2 aromatic heterocycles. The maximum atomic E-state index is 12.8. The molecular formula is C20H20N6O3. The number of benzene rings is 1. The maximum Gasteiger partial charge on any atom is 0.253 e. The van der Waals surface area contributed by atoms with Gasteiger partial charge >= 0.3 is 0 Å². The number of carbonyl (C=O) groups excluding carboxylic acids is 3. The molecule has 3 aromatic rings. The van der Waals surface area contributed by atoms with E-state index in [-0.39, 0.29) is 11.8 Å². The van der Waals surface area contributed by atoms with Crippen molar-refractivity contribution >= 4 is 23.4 Å². The van der Waals surface area contributed by atoms with Crippen LogP contribution in [-0.4, -0.2) is 68.3 Å². The van der Waals surface area contributed by atoms with Crippen molar-refractivity contribution in [3.05, 3.63) is 53.9 Å². The van der Waals surface area contributed by atoms with Crippen LogP contribution >= 0.6 is 0 Å². The van der Waals surface area contributed by atoms with Gasteiger partial charge in [-0.15, -0.1) is 0 Å². The second-order valence-electron chi connectivity index (χ2n) is 6.87. The van der Waals surface area contributed by atoms with Crippen LogP contribution in [0.2, 0.25) is 0 Å². The summed E-state index contributed by atoms with van der Waals surface area (Å²) in [6.45, 7) is 3.69. The zero-order chi connectivity index (χ0) is 20.5. The van der Waals surface area contributed by atoms with E-state index in [9.17, 15) is 14.4 Å². The lowest BCUT2D eigenvalue weighted by Crippen LogP contribution is -2.50. The van der Waals surface area contributed by atoms with Crippen LogP contribution in [0.15, 0.2) is 42.7 Å². The lowest BCUT2D eigenvalue weighted by molar-refractivity contribution is -0.130. The Bertz CT molecular complexity index is 1100. The molecule has 1 aliphatic heterocycles. The molecule has 0 unspecified atom stereocenters. The predicted molar refractivity (Wildman–Crippen MR) is 105 cm³/mol. The van der Waals surface area contributed by atoms with E-state index in [1.807, 2.05) is 12.1 Å². The molecule has 4 rings (SSSR count). The van der Waals surface area contributed by atoms with Gasteiger partial charge in [-0.1, -0.05) is 12.1 Å². The minimum absolute atomic E-state index is 0.0308. The van der Waals surface area contributed by atoms with Crippen LogP contribution in [0.5, 0.6) is 0 Å². The van der Waals surface area contributed by atoms with Gasteiger partial charge < -0.3 is 15.5 Å². The molecule has 1 saturated heterocycles. The number of pyridine rings is 1. The van der Waals surface area contributed by atoms with Crippen molar-refractivity contribution in [2.45, 2.75) is 6.92 Å². The van der Waals surface area contributed by atoms with Crippen molar-refractivity contribution in [3.8, 4) is 11.3 Å². The van der Waals surface area contributed by atoms with Gasteiger partial charge in [0.05, 0.1) is 11.3 Å². The van der Waals surface area contributed by atoms with Gasteiger partial charge in [-0.05, 0) is 24.3 Å². The Balaban J connectivity index is 1.56. The summed E-state index contributed by atoms with van der Waals surface area (Å²) >= 11 is 0. The summed E-state index contributed by atoms with van der Waals surface area (Å²) in [5, 5.41) is 4.18. The highest BCUT2D eigenvalue weighted by atomic mass is 16.2. The highest BCUT2D eigenvalue weighted by Gasteiger charge is 2.23. The van der Waals surface area contributed by atoms with E-state index in [0.29, 0.717) is 43.0 Å². The average Bonchev–Trinajstić information content (AvgIpc) is 3.22. The number of rotatable bonds is 3. The number of hydrogen-bond acceptors (Lipinski definition) is 5. The summed E-state index contributed by atoms with van der Waals surface area (Å²) in [5.74, 6) is -0.599. The number of carbonyl (C=O) groups is 3. The molecule has 1 fully saturated rings. The highest BCUT2D eigenvalue weighted by Crippen LogP contribution is 2.23. The second-order valence-corrected chi connectivity index (χ2v) is 6.87. The van der Waals surface area contributed by atoms with Crippen LogP contribution in [-0.2, 0) is 4.79 Å². The predicted octanol–water partition coefficient (Wildman–Crippen LogP) is 0.799. The van der Waals surface area contributed by atoms with E-state index in [2.05, 4.69) is 10.1 Å². The fourth-order valence-electron chi connectivity index (χ4n) is 3.51. The van der Waals surface area contributed by atoms with Gasteiger partial charge in [-0.3, -0.25) is 14.4 Å². The van der Waals surface area contributed by atoms with Gasteiger partial charge in [-0.25, -0.2) is 9.50 Å². The molecule has 9 heteroatoms. The van der Waals surface area contributed by atoms with Crippen LogP contribution in [0.25, 0.3) is 16.9 Å². The number of nitrogens with two attached hydrogens (primary N) is 1. The fourth-order valence-corrected chi connectivity index (χ4v) is 3.51. The summed E-state index contributed by atoms with van der Waals surface area (Å²) < 4.78 is 1.55. The molecule has 1 aliphatic rings. The monoisotopic (exact) mass is 392 g/mol. The van der Waals surface area contributed by atoms with Gasteiger partial charge in [-0.2, -0.15) is 5.10 Å². The molecule has 29 heavy (non-hydrogen) atoms. The standard InChI is InChI=1S/C20H20N6O3/c1-13(27)24-8-10-25(11-9-24)20(29)15-4-2-14(3-5-15)17-7-6-16(18(21)28)19-22-12-23-26(17)19/h2-7,12H,8-11H2,1H3,(H2,21,28). The number of amides is 3. The molecule has 3 heterocycles. The number of nitrogens with zero attached hydrogens (tertiary/aromatic N) is 5. The second kappa shape index (κ2) is 7.34. The lowest BCUT2D eigenvalue weighted by Gasteiger charge is -2.34. The molecule has 0 atom stereocenters. The summed E-state index contributed by atoms with van der Waals surface area (Å²) in [7, 11) is 0. The Morgan fingerprint density at radius 3 is 2.21 bits per heavy atom. The SMILES string of the molecule is CC(=O)N1CCN(C(=O)c2ccc(-c3ccc(C(N)=O)c4ncnn34)cc2)CC1. The normalized spacial score (nSPS) is 14.2. The highest BCUT2D eigenvalue weighted by molar-refractivity contribution is 5.99. The molecule has 3 amide bonds. The maximum absolute atomic E-state index is 12.8. The molecule has 0 bridgehead atoms. The third-order valence-electron chi connectivity index (χ3n) is 5.13. The van der Waals surface area contributed by atoms with Crippen molar-refractivity contribution in [2.75, 3.05) is 26.2 Å². The van der Waals surface area contributed by atoms with Gasteiger partial charge in [0.25, 0.3) is 11.8 Å². The average molecular weight is 392 g/mol. The largest absolute Gasteiger partial charge is 0.365 e. The van der Waals surface area contributed by atoms with Gasteiger partial charge in [0.1, 0.15) is 6.33 Å². The first-order valence-corrected chi connectivity index (χ1v) is 9.23. The first kappa shape index (κ1) is 18.6. The minimum Gasteiger partial charge on any atom is -0.365 e. The summed E-state index contributed by atoms with van der Waals surface area (Å²) in [4.78, 5) is 43.4. The third-order valence-corrected chi connectivity index (χ3v) is 5.13. The van der Waals surface area contributed by atoms with Gasteiger partial charge in [0, 0.05) is 44.2 Å². The first-order chi connectivity index (χ1) is 14.0. The van der Waals surface area contributed by atoms with Crippen LogP contribution in [0.4, 0.5) is 0 Å². The van der Waals surface area contributed by atoms with E-state index in [1.165, 1.54) is 13.3 Å². The van der Waals surface area contributed by atoms with Crippen LogP contribution in [0.1, 0.15) is 27.6 Å². The van der Waals surface area contributed by atoms with Gasteiger partial charge in [0.15, 0.2) is 5.65 Å². The third kappa shape index (κ3) is 3.42. The Hall–Kier alpha value is -3.75. The van der Waals surface area contributed by atoms with E-state index in [0.717, 1.165) is 11.3 Å². The van der Waals surface area contributed by atoms with Gasteiger partial charge in [0.2, 0.25) is 5.91 Å². The van der Waals surface area contributed by atoms with E-state index in [4.69, 9.17) is 5.73 Å². The quantitative estimate of drug-likeness (QED) is 0.708. The number of fused-ring (bicyclic) bond motifs is 1. The van der Waals surface area contributed by atoms with E-state index < -0.39 is 5.91 Å². The summed E-state index contributed by atoms with van der Waals surface area (Å²) in [6.07, 6.45) is 1.36. The molecule has 0 saturated carbocycles. The topological polar surface area (TPSA) is 114 Å². The van der Waals surface area contributed by atoms with Crippen molar-refractivity contribution < 1.29 is 14.4 Å². The molecule has 0 radical (unpaired) electrons. The first-order valence-electron chi connectivity index (χ1n) is 9.23. The Labute approximate surface area is 166 Å². The molecule has 9 nitrogen and oxygen atoms in total. The number of hydrogen-bond donors (Lipinski definition) is 1. The molecule has 1 aromatic carbocycles. The lowest BCUT2D eigenvalue weighted by atomic mass is 10.1. The van der Waals surface area contributed by atoms with Crippen molar-refractivity contribution in [2.24, 2.45) is 5.73 Å². The number of aromatic nitrogens is 3. The van der Waals surface area contributed by atoms with Crippen LogP contribution in [0.3, 0.4) is 0 Å². The van der Waals surface area contributed by atoms with Crippen molar-refractivity contribution in [1.29, 1.82) is 0 Å². The number of piperazine rings is 1. The Morgan fingerprint density at radius 1 is 0.931 bits per heavy atom. The molecule has 0 aliphatic carbocycles. The van der Waals surface area contributed by atoms with Crippen LogP contribution in [0, 0.1) is 0 Å². The molecule has 2 N–H and O–H groups in total. The minimum atomic E-state index is -0.569. The summed E-state index contributed by atoms with van der Waals surface area (Å²) in [6, 6.07) is 10.6. The zero-order valence-electron chi connectivity index (χ0n) is 15.9. The van der Waals surface area contributed by atoms with Crippen LogP contribution < -0.4 is 5.73 Å². The van der Waals surface area contributed by atoms with E-state index >= 15 is 0 Å². The van der Waals surface area contributed by atoms with Crippen molar-refractivity contribution in [3.63, 3.8) is 0 Å². The molecular weight excluding hydrogens is 372 g/mol. The Morgan fingerprint density at radius 2 is 1.59 bits per heavy atom. The Kier molecular flexibility index (Phi) is 4.71. The fraction of sp³-hybridized carbons (Fsp3) is 0.250. The molecule has 148 valence electrons. The smallest absolute Gasteiger partial charge is 0.253 e. The van der Waals surface area contributed by atoms with E-state index in [1.54, 1.807) is 38.6 Å².